The van der Waals surface area contributed by atoms with Gasteiger partial charge in [0, 0.05) is 30.8 Å². The molecule has 4 aromatic rings. The number of hydrogen-bond acceptors (Lipinski definition) is 3. The maximum absolute atomic E-state index is 13.6. The van der Waals surface area contributed by atoms with Crippen molar-refractivity contribution in [2.24, 2.45) is 0 Å². The Morgan fingerprint density at radius 2 is 2.00 bits per heavy atom. The first-order valence-electron chi connectivity index (χ1n) is 10.9. The van der Waals surface area contributed by atoms with Gasteiger partial charge in [0.2, 0.25) is 0 Å². The van der Waals surface area contributed by atoms with Crippen LogP contribution in [0.5, 0.6) is 0 Å². The molecular formula is C27H28FN3O2. The molecule has 1 N–H and O–H groups in total. The van der Waals surface area contributed by atoms with Gasteiger partial charge in [0.25, 0.3) is 5.91 Å². The monoisotopic (exact) mass is 445 g/mol. The van der Waals surface area contributed by atoms with Crippen LogP contribution in [0.15, 0.2) is 60.8 Å². The molecule has 0 aliphatic carbocycles. The van der Waals surface area contributed by atoms with E-state index in [1.807, 2.05) is 44.2 Å². The molecule has 0 atom stereocenters. The van der Waals surface area contributed by atoms with Crippen molar-refractivity contribution in [2.75, 3.05) is 0 Å². The molecule has 170 valence electrons. The standard InChI is InChI=1S/C27H26FN3O2.H2/c1-17(2)26-25(27(33)30-14-19-8-10-23(28)18(3)12-19)22-9-7-20(16-32)13-24(22)31(26)15-21-6-4-5-11-29-21;/h4-13,16-17H,14-15H2,1-3H3,(H,30,33);1H. The molecule has 6 heteroatoms. The zero-order valence-corrected chi connectivity index (χ0v) is 18.9. The number of aromatic nitrogens is 2. The number of pyridine rings is 1. The second-order valence-corrected chi connectivity index (χ2v) is 8.48. The average Bonchev–Trinajstić information content (AvgIpc) is 3.14. The number of amides is 1. The lowest BCUT2D eigenvalue weighted by Gasteiger charge is -2.15. The molecule has 0 radical (unpaired) electrons. The van der Waals surface area contributed by atoms with E-state index in [4.69, 9.17) is 0 Å². The van der Waals surface area contributed by atoms with E-state index in [1.54, 1.807) is 31.3 Å². The van der Waals surface area contributed by atoms with Gasteiger partial charge in [0.15, 0.2) is 0 Å². The molecule has 0 saturated carbocycles. The fourth-order valence-electron chi connectivity index (χ4n) is 4.21. The Morgan fingerprint density at radius 1 is 1.18 bits per heavy atom. The molecule has 0 bridgehead atoms. The summed E-state index contributed by atoms with van der Waals surface area (Å²) in [7, 11) is 0. The van der Waals surface area contributed by atoms with E-state index in [9.17, 15) is 14.0 Å². The van der Waals surface area contributed by atoms with Crippen molar-refractivity contribution in [1.29, 1.82) is 0 Å². The summed E-state index contributed by atoms with van der Waals surface area (Å²) in [5.74, 6) is -0.422. The smallest absolute Gasteiger partial charge is 0.254 e. The largest absolute Gasteiger partial charge is 0.348 e. The molecule has 33 heavy (non-hydrogen) atoms. The molecule has 1 amide bonds. The highest BCUT2D eigenvalue weighted by molar-refractivity contribution is 6.09. The van der Waals surface area contributed by atoms with Crippen LogP contribution in [0.2, 0.25) is 0 Å². The summed E-state index contributed by atoms with van der Waals surface area (Å²) < 4.78 is 15.7. The minimum atomic E-state index is -0.268. The fourth-order valence-corrected chi connectivity index (χ4v) is 4.21. The number of nitrogens with one attached hydrogen (secondary N) is 1. The van der Waals surface area contributed by atoms with Crippen LogP contribution in [0.4, 0.5) is 4.39 Å². The van der Waals surface area contributed by atoms with Crippen LogP contribution in [0.25, 0.3) is 10.9 Å². The summed E-state index contributed by atoms with van der Waals surface area (Å²) >= 11 is 0. The second-order valence-electron chi connectivity index (χ2n) is 8.48. The van der Waals surface area contributed by atoms with Gasteiger partial charge in [-0.1, -0.05) is 44.2 Å². The van der Waals surface area contributed by atoms with E-state index in [1.165, 1.54) is 6.07 Å². The zero-order valence-electron chi connectivity index (χ0n) is 18.9. The fraction of sp³-hybridized carbons (Fsp3) is 0.222. The maximum atomic E-state index is 13.6. The first-order chi connectivity index (χ1) is 15.9. The molecule has 2 heterocycles. The number of benzene rings is 2. The van der Waals surface area contributed by atoms with Gasteiger partial charge < -0.3 is 9.88 Å². The van der Waals surface area contributed by atoms with Gasteiger partial charge in [-0.05, 0) is 48.2 Å². The van der Waals surface area contributed by atoms with Crippen molar-refractivity contribution >= 4 is 23.1 Å². The summed E-state index contributed by atoms with van der Waals surface area (Å²) in [4.78, 5) is 29.4. The predicted molar refractivity (Wildman–Crippen MR) is 129 cm³/mol. The summed E-state index contributed by atoms with van der Waals surface area (Å²) in [5, 5.41) is 3.78. The Labute approximate surface area is 193 Å². The molecule has 0 aliphatic heterocycles. The summed E-state index contributed by atoms with van der Waals surface area (Å²) in [6.45, 7) is 6.57. The minimum Gasteiger partial charge on any atom is -0.348 e. The van der Waals surface area contributed by atoms with Crippen molar-refractivity contribution < 1.29 is 15.4 Å². The number of halogens is 1. The number of aldehydes is 1. The molecule has 4 rings (SSSR count). The number of carbonyl (C=O) groups is 2. The highest BCUT2D eigenvalue weighted by Gasteiger charge is 2.25. The molecule has 0 aliphatic rings. The number of carbonyl (C=O) groups excluding carboxylic acids is 2. The Hall–Kier alpha value is -3.80. The van der Waals surface area contributed by atoms with Crippen molar-refractivity contribution in [2.45, 2.75) is 39.8 Å². The number of rotatable bonds is 7. The third-order valence-electron chi connectivity index (χ3n) is 5.76. The second kappa shape index (κ2) is 9.36. The Balaban J connectivity index is 0.00000324. The quantitative estimate of drug-likeness (QED) is 0.374. The maximum Gasteiger partial charge on any atom is 0.254 e. The van der Waals surface area contributed by atoms with Crippen LogP contribution in [0, 0.1) is 12.7 Å². The predicted octanol–water partition coefficient (Wildman–Crippen LogP) is 5.64. The number of hydrogen-bond donors (Lipinski definition) is 1. The first kappa shape index (κ1) is 22.4. The van der Waals surface area contributed by atoms with Gasteiger partial charge in [-0.2, -0.15) is 0 Å². The van der Waals surface area contributed by atoms with Crippen LogP contribution < -0.4 is 5.32 Å². The normalized spacial score (nSPS) is 11.2. The number of aryl methyl sites for hydroxylation is 1. The van der Waals surface area contributed by atoms with E-state index in [0.29, 0.717) is 23.2 Å². The Bertz CT molecular complexity index is 1330. The molecule has 0 unspecified atom stereocenters. The molecule has 0 spiro atoms. The highest BCUT2D eigenvalue weighted by Crippen LogP contribution is 2.32. The van der Waals surface area contributed by atoms with Crippen molar-refractivity contribution in [3.05, 3.63) is 100 Å². The van der Waals surface area contributed by atoms with Gasteiger partial charge in [0.05, 0.1) is 23.3 Å². The molecule has 5 nitrogen and oxygen atoms in total. The summed E-state index contributed by atoms with van der Waals surface area (Å²) in [6.07, 6.45) is 2.55. The molecule has 2 aromatic carbocycles. The molecular weight excluding hydrogens is 417 g/mol. The average molecular weight is 446 g/mol. The van der Waals surface area contributed by atoms with E-state index in [2.05, 4.69) is 14.9 Å². The van der Waals surface area contributed by atoms with Gasteiger partial charge >= 0.3 is 0 Å². The first-order valence-corrected chi connectivity index (χ1v) is 10.9. The third kappa shape index (κ3) is 4.55. The SMILES string of the molecule is Cc1cc(CNC(=O)c2c(C(C)C)n(Cc3ccccn3)c3cc(C=O)ccc23)ccc1F.[HH]. The molecule has 0 saturated heterocycles. The van der Waals surface area contributed by atoms with Gasteiger partial charge in [0.1, 0.15) is 12.1 Å². The Kier molecular flexibility index (Phi) is 6.36. The van der Waals surface area contributed by atoms with Crippen LogP contribution in [-0.4, -0.2) is 21.7 Å². The van der Waals surface area contributed by atoms with Gasteiger partial charge in [-0.15, -0.1) is 0 Å². The number of nitrogens with zero attached hydrogens (tertiary/aromatic N) is 2. The Morgan fingerprint density at radius 3 is 2.67 bits per heavy atom. The van der Waals surface area contributed by atoms with Crippen LogP contribution in [0.1, 0.15) is 64.4 Å². The number of fused-ring (bicyclic) bond motifs is 1. The molecule has 0 fully saturated rings. The van der Waals surface area contributed by atoms with Gasteiger partial charge in [-0.25, -0.2) is 4.39 Å². The van der Waals surface area contributed by atoms with Crippen molar-refractivity contribution in [1.82, 2.24) is 14.9 Å². The van der Waals surface area contributed by atoms with Crippen LogP contribution in [-0.2, 0) is 13.1 Å². The van der Waals surface area contributed by atoms with E-state index >= 15 is 0 Å². The van der Waals surface area contributed by atoms with Crippen LogP contribution >= 0.6 is 0 Å². The van der Waals surface area contributed by atoms with Crippen molar-refractivity contribution in [3.63, 3.8) is 0 Å². The third-order valence-corrected chi connectivity index (χ3v) is 5.76. The minimum absolute atomic E-state index is 0. The topological polar surface area (TPSA) is 64.0 Å². The molecule has 2 aromatic heterocycles. The lowest BCUT2D eigenvalue weighted by Crippen LogP contribution is -2.24. The van der Waals surface area contributed by atoms with E-state index in [-0.39, 0.29) is 25.6 Å². The van der Waals surface area contributed by atoms with Crippen LogP contribution in [0.3, 0.4) is 0 Å². The van der Waals surface area contributed by atoms with Gasteiger partial charge in [-0.3, -0.25) is 14.6 Å². The van der Waals surface area contributed by atoms with E-state index in [0.717, 1.165) is 34.1 Å². The van der Waals surface area contributed by atoms with E-state index < -0.39 is 0 Å². The zero-order chi connectivity index (χ0) is 23.5. The van der Waals surface area contributed by atoms with Crippen molar-refractivity contribution in [3.8, 4) is 0 Å². The summed E-state index contributed by atoms with van der Waals surface area (Å²) in [6, 6.07) is 15.9. The highest BCUT2D eigenvalue weighted by atomic mass is 19.1. The lowest BCUT2D eigenvalue weighted by atomic mass is 10.0. The lowest BCUT2D eigenvalue weighted by molar-refractivity contribution is 0.0950. The summed E-state index contributed by atoms with van der Waals surface area (Å²) in [5.41, 5.74) is 5.06.